The van der Waals surface area contributed by atoms with E-state index in [9.17, 15) is 0 Å². The number of aromatic amines is 1. The number of hydrogen-bond acceptors (Lipinski definition) is 6. The first-order chi connectivity index (χ1) is 16.0. The van der Waals surface area contributed by atoms with Gasteiger partial charge < -0.3 is 14.5 Å². The van der Waals surface area contributed by atoms with Crippen molar-refractivity contribution in [1.29, 1.82) is 0 Å². The van der Waals surface area contributed by atoms with Crippen LogP contribution in [0.3, 0.4) is 0 Å². The topological polar surface area (TPSA) is 90.7 Å². The number of nitrogens with one attached hydrogen (secondary N) is 1. The molecule has 1 saturated carbocycles. The molecule has 9 heteroatoms. The third kappa shape index (κ3) is 3.71. The molecule has 0 saturated heterocycles. The van der Waals surface area contributed by atoms with Crippen LogP contribution in [-0.4, -0.2) is 42.4 Å². The van der Waals surface area contributed by atoms with Gasteiger partial charge in [-0.25, -0.2) is 9.97 Å². The van der Waals surface area contributed by atoms with Crippen molar-refractivity contribution in [3.8, 4) is 22.8 Å². The minimum atomic E-state index is -0.0776. The fourth-order valence-corrected chi connectivity index (χ4v) is 4.24. The highest BCUT2D eigenvalue weighted by Crippen LogP contribution is 2.40. The molecule has 0 atom stereocenters. The highest BCUT2D eigenvalue weighted by Gasteiger charge is 2.43. The fourth-order valence-electron chi connectivity index (χ4n) is 3.99. The number of halogens is 1. The summed E-state index contributed by atoms with van der Waals surface area (Å²) in [6.07, 6.45) is 7.60. The second-order valence-electron chi connectivity index (χ2n) is 8.42. The number of imidazole rings is 1. The van der Waals surface area contributed by atoms with Gasteiger partial charge >= 0.3 is 0 Å². The lowest BCUT2D eigenvalue weighted by Gasteiger charge is -2.12. The van der Waals surface area contributed by atoms with E-state index in [1.807, 2.05) is 42.1 Å². The van der Waals surface area contributed by atoms with Crippen molar-refractivity contribution in [3.63, 3.8) is 0 Å². The van der Waals surface area contributed by atoms with Crippen LogP contribution in [0, 0.1) is 6.92 Å². The van der Waals surface area contributed by atoms with Gasteiger partial charge in [-0.15, -0.1) is 0 Å². The minimum Gasteiger partial charge on any atom is -0.456 e. The number of ether oxygens (including phenoxy) is 2. The van der Waals surface area contributed by atoms with Crippen LogP contribution < -0.4 is 4.74 Å². The normalized spacial score (nSPS) is 14.8. The Morgan fingerprint density at radius 1 is 1.12 bits per heavy atom. The Morgan fingerprint density at radius 2 is 1.97 bits per heavy atom. The van der Waals surface area contributed by atoms with E-state index >= 15 is 0 Å². The molecule has 2 aromatic carbocycles. The van der Waals surface area contributed by atoms with E-state index in [0.29, 0.717) is 33.2 Å². The molecule has 0 bridgehead atoms. The van der Waals surface area contributed by atoms with Crippen molar-refractivity contribution in [2.45, 2.75) is 31.9 Å². The zero-order valence-corrected chi connectivity index (χ0v) is 18.9. The quantitative estimate of drug-likeness (QED) is 0.369. The van der Waals surface area contributed by atoms with Gasteiger partial charge in [-0.1, -0.05) is 11.6 Å². The van der Waals surface area contributed by atoms with Crippen LogP contribution in [0.1, 0.15) is 18.7 Å². The Kier molecular flexibility index (Phi) is 4.60. The summed E-state index contributed by atoms with van der Waals surface area (Å²) in [6, 6.07) is 9.34. The molecule has 0 amide bonds. The molecule has 0 spiro atoms. The van der Waals surface area contributed by atoms with Gasteiger partial charge in [-0.05, 0) is 44.0 Å². The Labute approximate surface area is 194 Å². The van der Waals surface area contributed by atoms with Gasteiger partial charge in [0.05, 0.1) is 46.8 Å². The number of methoxy groups -OCH3 is 1. The minimum absolute atomic E-state index is 0.0776. The Balaban J connectivity index is 1.31. The first kappa shape index (κ1) is 20.1. The summed E-state index contributed by atoms with van der Waals surface area (Å²) in [5.74, 6) is 2.02. The molecule has 1 fully saturated rings. The predicted octanol–water partition coefficient (Wildman–Crippen LogP) is 5.30. The van der Waals surface area contributed by atoms with Crippen molar-refractivity contribution in [1.82, 2.24) is 29.7 Å². The van der Waals surface area contributed by atoms with Crippen LogP contribution in [0.25, 0.3) is 33.3 Å². The van der Waals surface area contributed by atoms with Gasteiger partial charge in [0.15, 0.2) is 0 Å². The van der Waals surface area contributed by atoms with Crippen LogP contribution in [0.4, 0.5) is 0 Å². The summed E-state index contributed by atoms with van der Waals surface area (Å²) in [5, 5.41) is 4.88. The second kappa shape index (κ2) is 7.54. The molecule has 1 N–H and O–H groups in total. The SMILES string of the molecule is COC1(Cn2cc(-c3cnc4ccc(Oc5ccc6nc(C)[nH]c6c5)c(Cl)c4n3)cn2)CC1. The zero-order chi connectivity index (χ0) is 22.6. The Bertz CT molecular complexity index is 1500. The lowest BCUT2D eigenvalue weighted by molar-refractivity contribution is 0.0620. The summed E-state index contributed by atoms with van der Waals surface area (Å²) in [5.41, 5.74) is 4.56. The molecule has 0 aliphatic heterocycles. The molecule has 8 nitrogen and oxygen atoms in total. The van der Waals surface area contributed by atoms with E-state index in [4.69, 9.17) is 26.1 Å². The molecule has 5 aromatic rings. The lowest BCUT2D eigenvalue weighted by atomic mass is 10.2. The summed E-state index contributed by atoms with van der Waals surface area (Å²) in [6.45, 7) is 2.64. The van der Waals surface area contributed by atoms with Crippen LogP contribution in [0.5, 0.6) is 11.5 Å². The largest absolute Gasteiger partial charge is 0.456 e. The van der Waals surface area contributed by atoms with Crippen LogP contribution >= 0.6 is 11.6 Å². The standard InChI is InChI=1S/C24H21ClN6O2/c1-14-28-17-4-3-16(9-19(17)29-14)33-21-6-5-18-23(22(21)25)30-20(11-26-18)15-10-27-31(12-15)13-24(32-2)7-8-24/h3-6,9-12H,7-8,13H2,1-2H3,(H,28,29). The number of fused-ring (bicyclic) bond motifs is 2. The molecule has 33 heavy (non-hydrogen) atoms. The number of H-pyrrole nitrogens is 1. The summed E-state index contributed by atoms with van der Waals surface area (Å²) >= 11 is 6.71. The maximum absolute atomic E-state index is 6.71. The first-order valence-electron chi connectivity index (χ1n) is 10.7. The smallest absolute Gasteiger partial charge is 0.148 e. The van der Waals surface area contributed by atoms with Crippen molar-refractivity contribution < 1.29 is 9.47 Å². The Hall–Kier alpha value is -3.49. The monoisotopic (exact) mass is 460 g/mol. The van der Waals surface area contributed by atoms with E-state index in [0.717, 1.165) is 41.8 Å². The summed E-state index contributed by atoms with van der Waals surface area (Å²) < 4.78 is 13.6. The van der Waals surface area contributed by atoms with Gasteiger partial charge in [0, 0.05) is 24.9 Å². The van der Waals surface area contributed by atoms with Gasteiger partial charge in [0.2, 0.25) is 0 Å². The van der Waals surface area contributed by atoms with Gasteiger partial charge in [-0.2, -0.15) is 5.10 Å². The summed E-state index contributed by atoms with van der Waals surface area (Å²) in [4.78, 5) is 17.0. The van der Waals surface area contributed by atoms with Crippen LogP contribution in [0.15, 0.2) is 48.9 Å². The maximum atomic E-state index is 6.71. The number of hydrogen-bond donors (Lipinski definition) is 1. The zero-order valence-electron chi connectivity index (χ0n) is 18.2. The molecule has 6 rings (SSSR count). The van der Waals surface area contributed by atoms with Gasteiger partial charge in [0.25, 0.3) is 0 Å². The van der Waals surface area contributed by atoms with Gasteiger partial charge in [-0.3, -0.25) is 9.67 Å². The van der Waals surface area contributed by atoms with E-state index < -0.39 is 0 Å². The van der Waals surface area contributed by atoms with Crippen molar-refractivity contribution in [2.75, 3.05) is 7.11 Å². The third-order valence-corrected chi connectivity index (χ3v) is 6.40. The molecule has 166 valence electrons. The third-order valence-electron chi connectivity index (χ3n) is 6.04. The maximum Gasteiger partial charge on any atom is 0.148 e. The molecule has 1 aliphatic carbocycles. The second-order valence-corrected chi connectivity index (χ2v) is 8.80. The van der Waals surface area contributed by atoms with Gasteiger partial charge in [0.1, 0.15) is 27.9 Å². The lowest BCUT2D eigenvalue weighted by Crippen LogP contribution is -2.20. The van der Waals surface area contributed by atoms with E-state index in [1.54, 1.807) is 25.6 Å². The predicted molar refractivity (Wildman–Crippen MR) is 126 cm³/mol. The fraction of sp³-hybridized carbons (Fsp3) is 0.250. The summed E-state index contributed by atoms with van der Waals surface area (Å²) in [7, 11) is 1.75. The van der Waals surface area contributed by atoms with Crippen LogP contribution in [-0.2, 0) is 11.3 Å². The van der Waals surface area contributed by atoms with E-state index in [2.05, 4.69) is 20.1 Å². The molecular weight excluding hydrogens is 440 g/mol. The van der Waals surface area contributed by atoms with E-state index in [-0.39, 0.29) is 5.60 Å². The van der Waals surface area contributed by atoms with Crippen LogP contribution in [0.2, 0.25) is 5.02 Å². The number of aryl methyl sites for hydroxylation is 1. The molecule has 0 unspecified atom stereocenters. The average Bonchev–Trinajstić information content (AvgIpc) is 3.26. The van der Waals surface area contributed by atoms with E-state index in [1.165, 1.54) is 0 Å². The number of benzene rings is 2. The highest BCUT2D eigenvalue weighted by atomic mass is 35.5. The number of aromatic nitrogens is 6. The highest BCUT2D eigenvalue weighted by molar-refractivity contribution is 6.36. The number of nitrogens with zero attached hydrogens (tertiary/aromatic N) is 5. The van der Waals surface area contributed by atoms with Crippen molar-refractivity contribution >= 4 is 33.7 Å². The molecule has 3 heterocycles. The molecular formula is C24H21ClN6O2. The van der Waals surface area contributed by atoms with Crippen molar-refractivity contribution in [3.05, 3.63) is 59.8 Å². The first-order valence-corrected chi connectivity index (χ1v) is 11.1. The average molecular weight is 461 g/mol. The molecule has 1 aliphatic rings. The number of rotatable bonds is 6. The Morgan fingerprint density at radius 3 is 2.79 bits per heavy atom. The molecule has 0 radical (unpaired) electrons. The molecule has 3 aromatic heterocycles. The van der Waals surface area contributed by atoms with Crippen molar-refractivity contribution in [2.24, 2.45) is 0 Å².